The summed E-state index contributed by atoms with van der Waals surface area (Å²) in [5.74, 6) is -12.3. The van der Waals surface area contributed by atoms with Crippen LogP contribution in [0.4, 0.5) is 22.0 Å². The maximum absolute atomic E-state index is 14.2. The van der Waals surface area contributed by atoms with Gasteiger partial charge in [0.2, 0.25) is 5.82 Å². The molecule has 3 nitrogen and oxygen atoms in total. The Bertz CT molecular complexity index is 768. The quantitative estimate of drug-likeness (QED) is 0.238. The Morgan fingerprint density at radius 2 is 1.27 bits per heavy atom. The third-order valence-electron chi connectivity index (χ3n) is 5.50. The van der Waals surface area contributed by atoms with Crippen molar-refractivity contribution in [1.82, 2.24) is 0 Å². The van der Waals surface area contributed by atoms with Crippen LogP contribution in [-0.4, -0.2) is 11.8 Å². The molecule has 1 heterocycles. The van der Waals surface area contributed by atoms with Crippen LogP contribution in [0, 0.1) is 39.9 Å². The number of ketones is 1. The largest absolute Gasteiger partial charge is 0.455 e. The Kier molecular flexibility index (Phi) is 4.36. The predicted molar refractivity (Wildman–Crippen MR) is 79.4 cm³/mol. The van der Waals surface area contributed by atoms with Crippen LogP contribution in [0.1, 0.15) is 57.6 Å². The Hall–Kier alpha value is -1.99. The van der Waals surface area contributed by atoms with Crippen LogP contribution in [0.2, 0.25) is 0 Å². The van der Waals surface area contributed by atoms with E-state index < -0.39 is 63.3 Å². The number of ether oxygens (including phenoxy) is 1. The van der Waals surface area contributed by atoms with Gasteiger partial charge in [0.25, 0.3) is 0 Å². The summed E-state index contributed by atoms with van der Waals surface area (Å²) in [6.07, 6.45) is 0.660. The van der Waals surface area contributed by atoms with Crippen molar-refractivity contribution in [2.75, 3.05) is 0 Å². The monoisotopic (exact) mass is 376 g/mol. The maximum atomic E-state index is 14.2. The zero-order chi connectivity index (χ0) is 19.4. The van der Waals surface area contributed by atoms with Crippen molar-refractivity contribution >= 4 is 11.8 Å². The fourth-order valence-electron chi connectivity index (χ4n) is 4.05. The van der Waals surface area contributed by atoms with Gasteiger partial charge in [-0.1, -0.05) is 19.3 Å². The van der Waals surface area contributed by atoms with Crippen LogP contribution in [-0.2, 0) is 14.3 Å². The van der Waals surface area contributed by atoms with Crippen LogP contribution in [0.25, 0.3) is 0 Å². The van der Waals surface area contributed by atoms with Crippen LogP contribution in [0.5, 0.6) is 0 Å². The van der Waals surface area contributed by atoms with Gasteiger partial charge in [0.15, 0.2) is 29.1 Å². The fraction of sp³-hybridized carbons (Fsp3) is 0.556. The van der Waals surface area contributed by atoms with Crippen molar-refractivity contribution in [2.24, 2.45) is 10.8 Å². The number of hydrogen-bond donors (Lipinski definition) is 0. The minimum absolute atomic E-state index is 0.248. The van der Waals surface area contributed by atoms with Crippen LogP contribution in [0.15, 0.2) is 0 Å². The number of esters is 1. The van der Waals surface area contributed by atoms with Gasteiger partial charge in [0, 0.05) is 0 Å². The molecule has 1 aliphatic carbocycles. The summed E-state index contributed by atoms with van der Waals surface area (Å²) >= 11 is 0. The Balaban J connectivity index is 2.15. The molecule has 2 fully saturated rings. The second kappa shape index (κ2) is 6.03. The van der Waals surface area contributed by atoms with Crippen LogP contribution in [0.3, 0.4) is 0 Å². The van der Waals surface area contributed by atoms with Gasteiger partial charge in [-0.15, -0.1) is 0 Å². The van der Waals surface area contributed by atoms with E-state index in [4.69, 9.17) is 4.74 Å². The highest BCUT2D eigenvalue weighted by Crippen LogP contribution is 2.54. The lowest BCUT2D eigenvalue weighted by Crippen LogP contribution is -2.56. The lowest BCUT2D eigenvalue weighted by Gasteiger charge is -2.47. The zero-order valence-electron chi connectivity index (χ0n) is 14.2. The number of rotatable bonds is 1. The van der Waals surface area contributed by atoms with E-state index in [2.05, 4.69) is 0 Å². The molecule has 1 aromatic carbocycles. The first kappa shape index (κ1) is 18.8. The topological polar surface area (TPSA) is 43.4 Å². The summed E-state index contributed by atoms with van der Waals surface area (Å²) in [5.41, 5.74) is -4.36. The molecule has 1 saturated heterocycles. The summed E-state index contributed by atoms with van der Waals surface area (Å²) in [5, 5.41) is 0. The molecule has 0 N–H and O–H groups in total. The normalized spacial score (nSPS) is 24.7. The lowest BCUT2D eigenvalue weighted by molar-refractivity contribution is -0.192. The summed E-state index contributed by atoms with van der Waals surface area (Å²) in [6, 6.07) is 0. The minimum atomic E-state index is -2.31. The third kappa shape index (κ3) is 2.37. The number of benzene rings is 1. The standard InChI is InChI=1S/C18H17F5O3/c1-17(2)14(8-9(19)11(21)13(23)12(22)10(8)20)26-16(25)18(15(17)24)6-4-3-5-7-18/h14H,3-7H2,1-2H3. The number of carbonyl (C=O) groups is 2. The molecule has 8 heteroatoms. The molecule has 1 spiro atoms. The molecule has 142 valence electrons. The van der Waals surface area contributed by atoms with E-state index in [1.807, 2.05) is 0 Å². The second-order valence-electron chi connectivity index (χ2n) is 7.46. The van der Waals surface area contributed by atoms with Gasteiger partial charge in [-0.2, -0.15) is 0 Å². The zero-order valence-corrected chi connectivity index (χ0v) is 14.2. The predicted octanol–water partition coefficient (Wildman–Crippen LogP) is 4.53. The van der Waals surface area contributed by atoms with E-state index in [-0.39, 0.29) is 12.8 Å². The smallest absolute Gasteiger partial charge is 0.320 e. The molecule has 26 heavy (non-hydrogen) atoms. The highest BCUT2D eigenvalue weighted by atomic mass is 19.2. The van der Waals surface area contributed by atoms with Gasteiger partial charge >= 0.3 is 5.97 Å². The molecule has 0 radical (unpaired) electrons. The first-order chi connectivity index (χ1) is 12.1. The van der Waals surface area contributed by atoms with Crippen molar-refractivity contribution in [1.29, 1.82) is 0 Å². The number of Topliss-reactive ketones (excluding diaryl/α,β-unsaturated/α-hetero) is 1. The van der Waals surface area contributed by atoms with E-state index in [0.717, 1.165) is 6.42 Å². The summed E-state index contributed by atoms with van der Waals surface area (Å²) in [7, 11) is 0. The van der Waals surface area contributed by atoms with Crippen molar-refractivity contribution in [3.63, 3.8) is 0 Å². The van der Waals surface area contributed by atoms with E-state index in [1.54, 1.807) is 0 Å². The highest BCUT2D eigenvalue weighted by Gasteiger charge is 2.61. The van der Waals surface area contributed by atoms with Crippen molar-refractivity contribution in [2.45, 2.75) is 52.1 Å². The van der Waals surface area contributed by atoms with E-state index >= 15 is 0 Å². The summed E-state index contributed by atoms with van der Waals surface area (Å²) in [4.78, 5) is 25.6. The van der Waals surface area contributed by atoms with Gasteiger partial charge < -0.3 is 4.74 Å². The van der Waals surface area contributed by atoms with Crippen LogP contribution >= 0.6 is 0 Å². The number of hydrogen-bond acceptors (Lipinski definition) is 3. The summed E-state index contributed by atoms with van der Waals surface area (Å²) in [6.45, 7) is 2.59. The van der Waals surface area contributed by atoms with E-state index in [1.165, 1.54) is 13.8 Å². The summed E-state index contributed by atoms with van der Waals surface area (Å²) < 4.78 is 74.0. The average Bonchev–Trinajstić information content (AvgIpc) is 2.62. The number of halogens is 5. The van der Waals surface area contributed by atoms with Crippen molar-refractivity contribution < 1.29 is 36.3 Å². The number of cyclic esters (lactones) is 1. The van der Waals surface area contributed by atoms with Gasteiger partial charge in [0.05, 0.1) is 11.0 Å². The molecule has 1 aromatic rings. The Morgan fingerprint density at radius 3 is 1.77 bits per heavy atom. The van der Waals surface area contributed by atoms with E-state index in [9.17, 15) is 31.5 Å². The van der Waals surface area contributed by atoms with Crippen molar-refractivity contribution in [3.8, 4) is 0 Å². The molecule has 1 saturated carbocycles. The van der Waals surface area contributed by atoms with Gasteiger partial charge in [-0.05, 0) is 26.7 Å². The van der Waals surface area contributed by atoms with Gasteiger partial charge in [-0.3, -0.25) is 9.59 Å². The molecule has 1 aliphatic heterocycles. The number of carbonyl (C=O) groups excluding carboxylic acids is 2. The van der Waals surface area contributed by atoms with Gasteiger partial charge in [0.1, 0.15) is 11.5 Å². The average molecular weight is 376 g/mol. The first-order valence-electron chi connectivity index (χ1n) is 8.33. The SMILES string of the molecule is CC1(C)C(=O)C2(CCCCC2)C(=O)OC1c1c(F)c(F)c(F)c(F)c1F. The maximum Gasteiger partial charge on any atom is 0.320 e. The highest BCUT2D eigenvalue weighted by molar-refractivity contribution is 6.08. The fourth-order valence-corrected chi connectivity index (χ4v) is 4.05. The third-order valence-corrected chi connectivity index (χ3v) is 5.50. The molecule has 0 amide bonds. The van der Waals surface area contributed by atoms with Crippen LogP contribution < -0.4 is 0 Å². The Morgan fingerprint density at radius 1 is 0.808 bits per heavy atom. The molecule has 2 aliphatic rings. The Labute approximate surface area is 146 Å². The molecular weight excluding hydrogens is 359 g/mol. The second-order valence-corrected chi connectivity index (χ2v) is 7.46. The molecule has 1 unspecified atom stereocenters. The molecule has 0 aromatic heterocycles. The van der Waals surface area contributed by atoms with E-state index in [0.29, 0.717) is 12.8 Å². The van der Waals surface area contributed by atoms with Gasteiger partial charge in [-0.25, -0.2) is 22.0 Å². The molecule has 1 atom stereocenters. The van der Waals surface area contributed by atoms with Crippen molar-refractivity contribution in [3.05, 3.63) is 34.6 Å². The molecular formula is C18H17F5O3. The first-order valence-corrected chi connectivity index (χ1v) is 8.33. The lowest BCUT2D eigenvalue weighted by atomic mass is 9.60. The minimum Gasteiger partial charge on any atom is -0.455 e. The molecule has 3 rings (SSSR count). The molecule has 0 bridgehead atoms.